The summed E-state index contributed by atoms with van der Waals surface area (Å²) in [4.78, 5) is 17.9. The van der Waals surface area contributed by atoms with E-state index in [2.05, 4.69) is 9.83 Å². The van der Waals surface area contributed by atoms with Crippen molar-refractivity contribution >= 4 is 17.9 Å². The number of aromatic nitrogens is 1. The van der Waals surface area contributed by atoms with Crippen LogP contribution in [0, 0.1) is 6.57 Å². The summed E-state index contributed by atoms with van der Waals surface area (Å²) < 4.78 is 0. The monoisotopic (exact) mass is 208 g/mol. The van der Waals surface area contributed by atoms with E-state index < -0.39 is 5.54 Å². The van der Waals surface area contributed by atoms with Crippen molar-refractivity contribution in [2.24, 2.45) is 0 Å². The first kappa shape index (κ1) is 10.7. The number of pyridine rings is 1. The minimum absolute atomic E-state index is 0.357. The van der Waals surface area contributed by atoms with Gasteiger partial charge in [-0.3, -0.25) is 9.78 Å². The van der Waals surface area contributed by atoms with Crippen LogP contribution in [-0.4, -0.2) is 11.3 Å². The van der Waals surface area contributed by atoms with E-state index in [-0.39, 0.29) is 0 Å². The second-order valence-electron chi connectivity index (χ2n) is 3.39. The van der Waals surface area contributed by atoms with Crippen molar-refractivity contribution in [2.75, 3.05) is 0 Å². The van der Waals surface area contributed by atoms with Crippen LogP contribution in [0.3, 0.4) is 0 Å². The number of hydrogen-bond acceptors (Lipinski definition) is 2. The summed E-state index contributed by atoms with van der Waals surface area (Å²) in [5, 5.41) is 0.357. The lowest BCUT2D eigenvalue weighted by atomic mass is 10.0. The average molecular weight is 209 g/mol. The van der Waals surface area contributed by atoms with E-state index in [4.69, 9.17) is 18.2 Å². The van der Waals surface area contributed by atoms with Crippen molar-refractivity contribution in [3.8, 4) is 0 Å². The molecule has 72 valence electrons. The molecule has 1 rings (SSSR count). The van der Waals surface area contributed by atoms with E-state index in [0.717, 1.165) is 0 Å². The van der Waals surface area contributed by atoms with Gasteiger partial charge in [0, 0.05) is 25.6 Å². The molecular formula is C10H9ClN2O. The second-order valence-corrected chi connectivity index (χ2v) is 3.79. The highest BCUT2D eigenvalue weighted by Crippen LogP contribution is 2.29. The van der Waals surface area contributed by atoms with Crippen molar-refractivity contribution in [1.82, 2.24) is 4.98 Å². The lowest BCUT2D eigenvalue weighted by molar-refractivity contribution is 0.112. The lowest BCUT2D eigenvalue weighted by Crippen LogP contribution is -2.14. The predicted molar refractivity (Wildman–Crippen MR) is 54.3 cm³/mol. The smallest absolute Gasteiger partial charge is 0.270 e. The number of hydrogen-bond donors (Lipinski definition) is 0. The summed E-state index contributed by atoms with van der Waals surface area (Å²) >= 11 is 5.91. The van der Waals surface area contributed by atoms with Crippen molar-refractivity contribution in [2.45, 2.75) is 19.4 Å². The molecule has 0 radical (unpaired) electrons. The zero-order chi connectivity index (χ0) is 10.8. The highest BCUT2D eigenvalue weighted by Gasteiger charge is 2.30. The fraction of sp³-hybridized carbons (Fsp3) is 0.300. The van der Waals surface area contributed by atoms with E-state index in [9.17, 15) is 4.79 Å². The molecule has 0 aromatic carbocycles. The fourth-order valence-electron chi connectivity index (χ4n) is 1.02. The standard InChI is InChI=1S/C10H9ClN2O/c1-10(2,12-3)9-8(11)4-7(6-14)5-13-9/h4-6H,1-2H3. The SMILES string of the molecule is [C-]#[N+]C(C)(C)c1ncc(C=O)cc1Cl. The Morgan fingerprint density at radius 1 is 1.64 bits per heavy atom. The number of nitrogens with zero attached hydrogens (tertiary/aromatic N) is 2. The molecule has 1 aromatic heterocycles. The van der Waals surface area contributed by atoms with Crippen LogP contribution >= 0.6 is 11.6 Å². The van der Waals surface area contributed by atoms with Gasteiger partial charge < -0.3 is 4.85 Å². The largest absolute Gasteiger partial charge is 0.304 e. The molecule has 1 aromatic rings. The van der Waals surface area contributed by atoms with Gasteiger partial charge in [-0.2, -0.15) is 0 Å². The number of rotatable bonds is 2. The van der Waals surface area contributed by atoms with Gasteiger partial charge in [0.05, 0.1) is 5.02 Å². The summed E-state index contributed by atoms with van der Waals surface area (Å²) in [6.45, 7) is 10.5. The van der Waals surface area contributed by atoms with E-state index in [1.165, 1.54) is 12.3 Å². The Morgan fingerprint density at radius 2 is 2.29 bits per heavy atom. The molecule has 0 aliphatic carbocycles. The quantitative estimate of drug-likeness (QED) is 0.553. The molecule has 0 aliphatic heterocycles. The molecule has 3 nitrogen and oxygen atoms in total. The van der Waals surface area contributed by atoms with Crippen LogP contribution in [-0.2, 0) is 5.54 Å². The third kappa shape index (κ3) is 1.91. The van der Waals surface area contributed by atoms with E-state index in [0.29, 0.717) is 22.6 Å². The highest BCUT2D eigenvalue weighted by atomic mass is 35.5. The normalized spacial score (nSPS) is 10.7. The number of aldehydes is 1. The van der Waals surface area contributed by atoms with Crippen LogP contribution in [0.2, 0.25) is 5.02 Å². The molecule has 1 heterocycles. The highest BCUT2D eigenvalue weighted by molar-refractivity contribution is 6.31. The molecule has 0 N–H and O–H groups in total. The first-order valence-corrected chi connectivity index (χ1v) is 4.39. The molecule has 0 amide bonds. The molecular weight excluding hydrogens is 200 g/mol. The third-order valence-corrected chi connectivity index (χ3v) is 2.15. The van der Waals surface area contributed by atoms with Gasteiger partial charge in [-0.05, 0) is 6.07 Å². The van der Waals surface area contributed by atoms with Crippen LogP contribution in [0.5, 0.6) is 0 Å². The maximum atomic E-state index is 10.4. The maximum Gasteiger partial charge on any atom is 0.270 e. The minimum Gasteiger partial charge on any atom is -0.304 e. The second kappa shape index (κ2) is 3.77. The van der Waals surface area contributed by atoms with Crippen LogP contribution in [0.1, 0.15) is 29.9 Å². The fourth-order valence-corrected chi connectivity index (χ4v) is 1.43. The van der Waals surface area contributed by atoms with Gasteiger partial charge in [0.25, 0.3) is 5.54 Å². The molecule has 0 aliphatic rings. The van der Waals surface area contributed by atoms with Crippen molar-refractivity contribution < 1.29 is 4.79 Å². The maximum absolute atomic E-state index is 10.4. The first-order valence-electron chi connectivity index (χ1n) is 4.01. The summed E-state index contributed by atoms with van der Waals surface area (Å²) in [6.07, 6.45) is 2.09. The molecule has 0 unspecified atom stereocenters. The van der Waals surface area contributed by atoms with Gasteiger partial charge in [-0.25, -0.2) is 6.57 Å². The van der Waals surface area contributed by atoms with Crippen LogP contribution < -0.4 is 0 Å². The zero-order valence-electron chi connectivity index (χ0n) is 7.91. The molecule has 0 bridgehead atoms. The number of halogens is 1. The van der Waals surface area contributed by atoms with Crippen molar-refractivity contribution in [1.29, 1.82) is 0 Å². The number of carbonyl (C=O) groups is 1. The van der Waals surface area contributed by atoms with Crippen LogP contribution in [0.25, 0.3) is 4.85 Å². The van der Waals surface area contributed by atoms with E-state index in [1.54, 1.807) is 13.8 Å². The van der Waals surface area contributed by atoms with Crippen LogP contribution in [0.4, 0.5) is 0 Å². The summed E-state index contributed by atoms with van der Waals surface area (Å²) in [5.74, 6) is 0. The average Bonchev–Trinajstić information content (AvgIpc) is 2.17. The Labute approximate surface area is 87.5 Å². The van der Waals surface area contributed by atoms with Gasteiger partial charge in [0.15, 0.2) is 6.29 Å². The van der Waals surface area contributed by atoms with Crippen LogP contribution in [0.15, 0.2) is 12.3 Å². The molecule has 4 heteroatoms. The van der Waals surface area contributed by atoms with Crippen molar-refractivity contribution in [3.05, 3.63) is 40.0 Å². The molecule has 0 fully saturated rings. The van der Waals surface area contributed by atoms with E-state index >= 15 is 0 Å². The minimum atomic E-state index is -0.751. The Hall–Kier alpha value is -1.40. The topological polar surface area (TPSA) is 34.3 Å². The molecule has 0 atom stereocenters. The number of carbonyl (C=O) groups excluding carboxylic acids is 1. The molecule has 14 heavy (non-hydrogen) atoms. The van der Waals surface area contributed by atoms with Gasteiger partial charge in [-0.1, -0.05) is 11.6 Å². The van der Waals surface area contributed by atoms with E-state index in [1.807, 2.05) is 0 Å². The first-order chi connectivity index (χ1) is 6.51. The van der Waals surface area contributed by atoms with Gasteiger partial charge >= 0.3 is 0 Å². The molecule has 0 spiro atoms. The Kier molecular flexibility index (Phi) is 2.87. The van der Waals surface area contributed by atoms with Crippen molar-refractivity contribution in [3.63, 3.8) is 0 Å². The van der Waals surface area contributed by atoms with Gasteiger partial charge in [0.1, 0.15) is 5.69 Å². The Balaban J connectivity index is 3.27. The summed E-state index contributed by atoms with van der Waals surface area (Å²) in [5.41, 5.74) is 0.165. The summed E-state index contributed by atoms with van der Waals surface area (Å²) in [6, 6.07) is 1.52. The predicted octanol–water partition coefficient (Wildman–Crippen LogP) is 2.70. The van der Waals surface area contributed by atoms with Gasteiger partial charge in [0.2, 0.25) is 0 Å². The summed E-state index contributed by atoms with van der Waals surface area (Å²) in [7, 11) is 0. The Morgan fingerprint density at radius 3 is 2.71 bits per heavy atom. The zero-order valence-corrected chi connectivity index (χ0v) is 8.67. The van der Waals surface area contributed by atoms with Gasteiger partial charge in [-0.15, -0.1) is 0 Å². The molecule has 0 saturated heterocycles. The molecule has 0 saturated carbocycles. The lowest BCUT2D eigenvalue weighted by Gasteiger charge is -2.11. The third-order valence-electron chi connectivity index (χ3n) is 1.86. The Bertz CT molecular complexity index is 407.